The number of carbonyl (C=O) groups excluding carboxylic acids is 1. The van der Waals surface area contributed by atoms with Crippen LogP contribution in [0.3, 0.4) is 0 Å². The van der Waals surface area contributed by atoms with Gasteiger partial charge in [-0.3, -0.25) is 14.3 Å². The van der Waals surface area contributed by atoms with E-state index in [1.54, 1.807) is 40.5 Å². The van der Waals surface area contributed by atoms with Gasteiger partial charge in [-0.05, 0) is 25.3 Å². The fraction of sp³-hybridized carbons (Fsp3) is 0.333. The highest BCUT2D eigenvalue weighted by atomic mass is 35.5. The second kappa shape index (κ2) is 6.64. The molecule has 0 spiro atoms. The predicted octanol–water partition coefficient (Wildman–Crippen LogP) is 3.35. The third-order valence-corrected chi connectivity index (χ3v) is 5.05. The summed E-state index contributed by atoms with van der Waals surface area (Å²) >= 11 is 6.43. The first-order chi connectivity index (χ1) is 12.6. The Labute approximate surface area is 154 Å². The van der Waals surface area contributed by atoms with E-state index in [4.69, 9.17) is 11.6 Å². The molecule has 0 radical (unpaired) electrons. The van der Waals surface area contributed by atoms with E-state index in [1.807, 2.05) is 6.92 Å². The summed E-state index contributed by atoms with van der Waals surface area (Å²) in [6.07, 6.45) is 8.02. The number of pyridine rings is 1. The van der Waals surface area contributed by atoms with Crippen LogP contribution in [0.5, 0.6) is 0 Å². The molecule has 8 heteroatoms. The van der Waals surface area contributed by atoms with Crippen LogP contribution in [0, 0.1) is 6.92 Å². The van der Waals surface area contributed by atoms with Crippen molar-refractivity contribution in [2.45, 2.75) is 25.9 Å². The summed E-state index contributed by atoms with van der Waals surface area (Å²) in [6.45, 7) is 2.70. The molecule has 1 aliphatic heterocycles. The largest absolute Gasteiger partial charge is 0.338 e. The van der Waals surface area contributed by atoms with Gasteiger partial charge < -0.3 is 4.90 Å². The van der Waals surface area contributed by atoms with Gasteiger partial charge in [-0.2, -0.15) is 0 Å². The van der Waals surface area contributed by atoms with Crippen LogP contribution in [0.15, 0.2) is 31.0 Å². The van der Waals surface area contributed by atoms with Gasteiger partial charge in [0.25, 0.3) is 5.91 Å². The maximum absolute atomic E-state index is 13.3. The predicted molar refractivity (Wildman–Crippen MR) is 96.4 cm³/mol. The monoisotopic (exact) mass is 373 g/mol. The molecule has 26 heavy (non-hydrogen) atoms. The number of likely N-dealkylation sites (tertiary alicyclic amines) is 1. The Balaban J connectivity index is 1.76. The van der Waals surface area contributed by atoms with Crippen molar-refractivity contribution in [1.82, 2.24) is 24.4 Å². The number of aryl methyl sites for hydroxylation is 1. The van der Waals surface area contributed by atoms with Crippen molar-refractivity contribution in [3.05, 3.63) is 47.1 Å². The average molecular weight is 374 g/mol. The summed E-state index contributed by atoms with van der Waals surface area (Å²) in [6, 6.07) is 0. The van der Waals surface area contributed by atoms with Gasteiger partial charge >= 0.3 is 0 Å². The summed E-state index contributed by atoms with van der Waals surface area (Å²) in [7, 11) is 0. The molecule has 1 saturated heterocycles. The Bertz CT molecular complexity index is 967. The maximum atomic E-state index is 13.3. The van der Waals surface area contributed by atoms with Gasteiger partial charge in [-0.15, -0.1) is 0 Å². The number of rotatable bonds is 2. The Morgan fingerprint density at radius 3 is 2.69 bits per heavy atom. The number of halogens is 2. The molecule has 0 saturated carbocycles. The van der Waals surface area contributed by atoms with Crippen molar-refractivity contribution in [3.8, 4) is 5.82 Å². The number of carbonyl (C=O) groups is 1. The number of alkyl halides is 1. The van der Waals surface area contributed by atoms with Crippen molar-refractivity contribution in [3.63, 3.8) is 0 Å². The molecular weight excluding hydrogens is 357 g/mol. The lowest BCUT2D eigenvalue weighted by Gasteiger charge is -2.29. The Morgan fingerprint density at radius 1 is 1.23 bits per heavy atom. The number of fused-ring (bicyclic) bond motifs is 1. The molecule has 3 aromatic rings. The summed E-state index contributed by atoms with van der Waals surface area (Å²) < 4.78 is 15.1. The van der Waals surface area contributed by atoms with E-state index in [2.05, 4.69) is 15.0 Å². The minimum Gasteiger partial charge on any atom is -0.338 e. The molecule has 0 N–H and O–H groups in total. The average Bonchev–Trinajstić information content (AvgIpc) is 3.00. The van der Waals surface area contributed by atoms with E-state index < -0.39 is 6.17 Å². The minimum absolute atomic E-state index is 0.132. The lowest BCUT2D eigenvalue weighted by Crippen LogP contribution is -2.39. The third kappa shape index (κ3) is 2.82. The summed E-state index contributed by atoms with van der Waals surface area (Å²) in [5.41, 5.74) is 1.87. The van der Waals surface area contributed by atoms with E-state index in [1.165, 1.54) is 0 Å². The molecule has 6 nitrogen and oxygen atoms in total. The fourth-order valence-electron chi connectivity index (χ4n) is 3.32. The SMILES string of the molecule is Cc1c(C(=O)N2CCC(F)CC2)cnc2c1c(Cl)cn2-c1cnccn1. The van der Waals surface area contributed by atoms with Crippen LogP contribution in [0.25, 0.3) is 16.9 Å². The van der Waals surface area contributed by atoms with Crippen molar-refractivity contribution in [2.24, 2.45) is 0 Å². The summed E-state index contributed by atoms with van der Waals surface area (Å²) in [5.74, 6) is 0.465. The van der Waals surface area contributed by atoms with Gasteiger partial charge in [-0.25, -0.2) is 14.4 Å². The van der Waals surface area contributed by atoms with Crippen LogP contribution >= 0.6 is 11.6 Å². The normalized spacial score (nSPS) is 15.6. The van der Waals surface area contributed by atoms with Crippen LogP contribution in [0.1, 0.15) is 28.8 Å². The molecule has 0 atom stereocenters. The first-order valence-electron chi connectivity index (χ1n) is 8.42. The molecule has 3 aromatic heterocycles. The highest BCUT2D eigenvalue weighted by Gasteiger charge is 2.26. The van der Waals surface area contributed by atoms with Crippen molar-refractivity contribution < 1.29 is 9.18 Å². The van der Waals surface area contributed by atoms with Gasteiger partial charge in [0.2, 0.25) is 0 Å². The van der Waals surface area contributed by atoms with Crippen LogP contribution in [0.4, 0.5) is 4.39 Å². The molecule has 1 amide bonds. The van der Waals surface area contributed by atoms with E-state index in [9.17, 15) is 9.18 Å². The first kappa shape index (κ1) is 16.9. The number of amides is 1. The molecule has 134 valence electrons. The zero-order valence-electron chi connectivity index (χ0n) is 14.2. The highest BCUT2D eigenvalue weighted by molar-refractivity contribution is 6.36. The van der Waals surface area contributed by atoms with E-state index >= 15 is 0 Å². The van der Waals surface area contributed by atoms with E-state index in [0.717, 1.165) is 5.56 Å². The van der Waals surface area contributed by atoms with Gasteiger partial charge in [-0.1, -0.05) is 11.6 Å². The number of nitrogens with zero attached hydrogens (tertiary/aromatic N) is 5. The van der Waals surface area contributed by atoms with Crippen molar-refractivity contribution >= 4 is 28.5 Å². The lowest BCUT2D eigenvalue weighted by atomic mass is 10.0. The minimum atomic E-state index is -0.823. The van der Waals surface area contributed by atoms with Crippen LogP contribution < -0.4 is 0 Å². The van der Waals surface area contributed by atoms with Gasteiger partial charge in [0, 0.05) is 43.3 Å². The molecule has 4 rings (SSSR count). The zero-order valence-corrected chi connectivity index (χ0v) is 14.9. The quantitative estimate of drug-likeness (QED) is 0.691. The molecule has 0 aromatic carbocycles. The summed E-state index contributed by atoms with van der Waals surface area (Å²) in [4.78, 5) is 27.3. The third-order valence-electron chi connectivity index (χ3n) is 4.77. The first-order valence-corrected chi connectivity index (χ1v) is 8.80. The number of aromatic nitrogens is 4. The van der Waals surface area contributed by atoms with Gasteiger partial charge in [0.1, 0.15) is 11.8 Å². The number of hydrogen-bond donors (Lipinski definition) is 0. The molecule has 1 fully saturated rings. The highest BCUT2D eigenvalue weighted by Crippen LogP contribution is 2.31. The smallest absolute Gasteiger partial charge is 0.255 e. The van der Waals surface area contributed by atoms with Crippen LogP contribution in [0.2, 0.25) is 5.02 Å². The molecule has 1 aliphatic rings. The maximum Gasteiger partial charge on any atom is 0.255 e. The van der Waals surface area contributed by atoms with Gasteiger partial charge in [0.05, 0.1) is 16.8 Å². The number of hydrogen-bond acceptors (Lipinski definition) is 4. The zero-order chi connectivity index (χ0) is 18.3. The van der Waals surface area contributed by atoms with Crippen molar-refractivity contribution in [2.75, 3.05) is 13.1 Å². The Morgan fingerprint density at radius 2 is 2.00 bits per heavy atom. The lowest BCUT2D eigenvalue weighted by molar-refractivity contribution is 0.0666. The van der Waals surface area contributed by atoms with Crippen LogP contribution in [-0.2, 0) is 0 Å². The Kier molecular flexibility index (Phi) is 4.32. The standard InChI is InChI=1S/C18H17ClFN5O/c1-11-13(18(26)24-6-2-12(20)3-7-24)8-23-17-16(11)14(19)10-25(17)15-9-21-4-5-22-15/h4-5,8-10,12H,2-3,6-7H2,1H3. The van der Waals surface area contributed by atoms with E-state index in [0.29, 0.717) is 53.4 Å². The molecule has 0 aliphatic carbocycles. The molecule has 0 unspecified atom stereocenters. The second-order valence-electron chi connectivity index (χ2n) is 6.37. The fourth-order valence-corrected chi connectivity index (χ4v) is 3.65. The summed E-state index contributed by atoms with van der Waals surface area (Å²) in [5, 5.41) is 1.20. The van der Waals surface area contributed by atoms with E-state index in [-0.39, 0.29) is 5.91 Å². The van der Waals surface area contributed by atoms with Gasteiger partial charge in [0.15, 0.2) is 5.82 Å². The Hall–Kier alpha value is -2.54. The van der Waals surface area contributed by atoms with Crippen molar-refractivity contribution in [1.29, 1.82) is 0 Å². The van der Waals surface area contributed by atoms with Crippen LogP contribution in [-0.4, -0.2) is 49.6 Å². The topological polar surface area (TPSA) is 63.9 Å². The second-order valence-corrected chi connectivity index (χ2v) is 6.78. The molecule has 4 heterocycles. The molecular formula is C18H17ClFN5O. The number of piperidine rings is 1. The molecule has 0 bridgehead atoms.